The fraction of sp³-hybridized carbons (Fsp3) is 0.611. The third-order valence-electron chi connectivity index (χ3n) is 5.79. The Morgan fingerprint density at radius 3 is 2.29 bits per heavy atom. The minimum Gasteiger partial charge on any atom is -0.381 e. The van der Waals surface area contributed by atoms with Crippen molar-refractivity contribution in [2.75, 3.05) is 10.6 Å². The molecule has 0 saturated heterocycles. The quantitative estimate of drug-likeness (QED) is 0.871. The second-order valence-electron chi connectivity index (χ2n) is 7.75. The lowest BCUT2D eigenvalue weighted by Crippen LogP contribution is -2.45. The highest BCUT2D eigenvalue weighted by molar-refractivity contribution is 5.88. The molecule has 1 amide bonds. The van der Waals surface area contributed by atoms with Crippen LogP contribution < -0.4 is 10.6 Å². The van der Waals surface area contributed by atoms with Crippen LogP contribution in [0.1, 0.15) is 47.0 Å². The van der Waals surface area contributed by atoms with Gasteiger partial charge in [-0.1, -0.05) is 20.8 Å². The zero-order valence-electron chi connectivity index (χ0n) is 13.5. The molecule has 1 unspecified atom stereocenters. The Morgan fingerprint density at radius 2 is 1.76 bits per heavy atom. The summed E-state index contributed by atoms with van der Waals surface area (Å²) in [4.78, 5) is 11.1. The first-order valence-electron chi connectivity index (χ1n) is 7.95. The Morgan fingerprint density at radius 1 is 1.14 bits per heavy atom. The van der Waals surface area contributed by atoms with Gasteiger partial charge in [-0.25, -0.2) is 0 Å². The van der Waals surface area contributed by atoms with Crippen molar-refractivity contribution in [1.29, 1.82) is 0 Å². The van der Waals surface area contributed by atoms with Crippen molar-refractivity contribution in [2.24, 2.45) is 16.7 Å². The molecule has 2 saturated carbocycles. The lowest BCUT2D eigenvalue weighted by Gasteiger charge is -2.43. The smallest absolute Gasteiger partial charge is 0.221 e. The molecule has 3 nitrogen and oxygen atoms in total. The van der Waals surface area contributed by atoms with Gasteiger partial charge in [-0.2, -0.15) is 0 Å². The largest absolute Gasteiger partial charge is 0.381 e. The van der Waals surface area contributed by atoms with E-state index >= 15 is 0 Å². The van der Waals surface area contributed by atoms with Crippen LogP contribution >= 0.6 is 0 Å². The summed E-state index contributed by atoms with van der Waals surface area (Å²) >= 11 is 0. The molecule has 3 atom stereocenters. The number of nitrogens with one attached hydrogen (secondary N) is 2. The zero-order valence-corrected chi connectivity index (χ0v) is 13.5. The number of hydrogen-bond donors (Lipinski definition) is 2. The first kappa shape index (κ1) is 14.4. The number of amides is 1. The molecule has 0 aliphatic heterocycles. The van der Waals surface area contributed by atoms with E-state index in [2.05, 4.69) is 43.5 Å². The van der Waals surface area contributed by atoms with Crippen LogP contribution in [0.2, 0.25) is 0 Å². The van der Waals surface area contributed by atoms with Crippen LogP contribution in [0.4, 0.5) is 11.4 Å². The van der Waals surface area contributed by atoms with Crippen LogP contribution in [-0.2, 0) is 4.79 Å². The van der Waals surface area contributed by atoms with Gasteiger partial charge >= 0.3 is 0 Å². The fourth-order valence-corrected chi connectivity index (χ4v) is 4.68. The Kier molecular flexibility index (Phi) is 3.27. The van der Waals surface area contributed by atoms with Crippen LogP contribution in [0.3, 0.4) is 0 Å². The highest BCUT2D eigenvalue weighted by Crippen LogP contribution is 2.63. The highest BCUT2D eigenvalue weighted by atomic mass is 16.1. The van der Waals surface area contributed by atoms with Crippen LogP contribution in [0.25, 0.3) is 0 Å². The van der Waals surface area contributed by atoms with Gasteiger partial charge in [-0.15, -0.1) is 0 Å². The minimum absolute atomic E-state index is 0.0301. The Labute approximate surface area is 127 Å². The number of anilines is 2. The molecule has 2 N–H and O–H groups in total. The molecule has 3 rings (SSSR count). The zero-order chi connectivity index (χ0) is 15.3. The van der Waals surface area contributed by atoms with E-state index < -0.39 is 0 Å². The van der Waals surface area contributed by atoms with Gasteiger partial charge in [0.15, 0.2) is 0 Å². The van der Waals surface area contributed by atoms with Crippen molar-refractivity contribution in [3.05, 3.63) is 24.3 Å². The molecule has 21 heavy (non-hydrogen) atoms. The van der Waals surface area contributed by atoms with E-state index in [4.69, 9.17) is 0 Å². The first-order chi connectivity index (χ1) is 9.81. The standard InChI is InChI=1S/C18H26N2O/c1-12(21)19-14-5-7-15(8-6-14)20-16-17(2,3)13-9-10-18(16,4)11-13/h5-8,13,16,20H,9-11H2,1-4H3,(H,19,21)/t13-,16?,18+/m0/s1. The Balaban J connectivity index is 1.76. The lowest BCUT2D eigenvalue weighted by molar-refractivity contribution is -0.114. The average molecular weight is 286 g/mol. The number of fused-ring (bicyclic) bond motifs is 2. The van der Waals surface area contributed by atoms with E-state index in [0.29, 0.717) is 16.9 Å². The first-order valence-corrected chi connectivity index (χ1v) is 7.95. The van der Waals surface area contributed by atoms with Crippen LogP contribution in [-0.4, -0.2) is 11.9 Å². The molecule has 3 heteroatoms. The lowest BCUT2D eigenvalue weighted by atomic mass is 9.68. The summed E-state index contributed by atoms with van der Waals surface area (Å²) in [6.07, 6.45) is 4.06. The van der Waals surface area contributed by atoms with Crippen LogP contribution in [0.5, 0.6) is 0 Å². The van der Waals surface area contributed by atoms with Gasteiger partial charge in [0.1, 0.15) is 0 Å². The molecule has 2 fully saturated rings. The molecular weight excluding hydrogens is 260 g/mol. The Bertz CT molecular complexity index is 544. The second-order valence-corrected chi connectivity index (χ2v) is 7.75. The molecule has 2 aliphatic rings. The van der Waals surface area contributed by atoms with Crippen molar-refractivity contribution < 1.29 is 4.79 Å². The van der Waals surface area contributed by atoms with E-state index in [1.807, 2.05) is 12.1 Å². The highest BCUT2D eigenvalue weighted by Gasteiger charge is 2.59. The third kappa shape index (κ3) is 2.43. The van der Waals surface area contributed by atoms with Gasteiger partial charge in [0.25, 0.3) is 0 Å². The van der Waals surface area contributed by atoms with Gasteiger partial charge in [0.2, 0.25) is 5.91 Å². The maximum atomic E-state index is 11.1. The average Bonchev–Trinajstić information content (AvgIpc) is 2.87. The second kappa shape index (κ2) is 4.75. The van der Waals surface area contributed by atoms with E-state index in [9.17, 15) is 4.79 Å². The summed E-state index contributed by atoms with van der Waals surface area (Å²) in [5.74, 6) is 0.816. The summed E-state index contributed by atoms with van der Waals surface area (Å²) in [5, 5.41) is 6.58. The summed E-state index contributed by atoms with van der Waals surface area (Å²) in [7, 11) is 0. The Hall–Kier alpha value is -1.51. The van der Waals surface area contributed by atoms with Gasteiger partial charge in [-0.3, -0.25) is 4.79 Å². The number of rotatable bonds is 3. The summed E-state index contributed by atoms with van der Waals surface area (Å²) in [6.45, 7) is 8.78. The molecule has 1 aromatic rings. The normalized spacial score (nSPS) is 33.0. The van der Waals surface area contributed by atoms with Crippen molar-refractivity contribution in [3.63, 3.8) is 0 Å². The number of carbonyl (C=O) groups excluding carboxylic acids is 1. The van der Waals surface area contributed by atoms with E-state index in [0.717, 1.165) is 17.3 Å². The molecule has 0 radical (unpaired) electrons. The fourth-order valence-electron chi connectivity index (χ4n) is 4.68. The van der Waals surface area contributed by atoms with Crippen molar-refractivity contribution >= 4 is 17.3 Å². The minimum atomic E-state index is -0.0301. The maximum absolute atomic E-state index is 11.1. The van der Waals surface area contributed by atoms with Crippen molar-refractivity contribution in [2.45, 2.75) is 53.0 Å². The predicted molar refractivity (Wildman–Crippen MR) is 87.4 cm³/mol. The molecule has 2 bridgehead atoms. The summed E-state index contributed by atoms with van der Waals surface area (Å²) < 4.78 is 0. The SMILES string of the molecule is CC(=O)Nc1ccc(NC2C(C)(C)[C@H]3CC[C@]2(C)C3)cc1. The number of hydrogen-bond acceptors (Lipinski definition) is 2. The summed E-state index contributed by atoms with van der Waals surface area (Å²) in [5.41, 5.74) is 2.77. The van der Waals surface area contributed by atoms with E-state index in [1.54, 1.807) is 0 Å². The summed E-state index contributed by atoms with van der Waals surface area (Å²) in [6, 6.07) is 8.58. The van der Waals surface area contributed by atoms with Crippen molar-refractivity contribution in [3.8, 4) is 0 Å². The topological polar surface area (TPSA) is 41.1 Å². The molecule has 0 heterocycles. The van der Waals surface area contributed by atoms with Crippen LogP contribution in [0, 0.1) is 16.7 Å². The van der Waals surface area contributed by atoms with Gasteiger partial charge in [0, 0.05) is 24.3 Å². The van der Waals surface area contributed by atoms with Crippen molar-refractivity contribution in [1.82, 2.24) is 0 Å². The molecule has 0 spiro atoms. The predicted octanol–water partition coefficient (Wildman–Crippen LogP) is 4.27. The van der Waals surface area contributed by atoms with Gasteiger partial charge in [-0.05, 0) is 60.3 Å². The van der Waals surface area contributed by atoms with Gasteiger partial charge < -0.3 is 10.6 Å². The molecule has 2 aliphatic carbocycles. The number of carbonyl (C=O) groups is 1. The van der Waals surface area contributed by atoms with Crippen LogP contribution in [0.15, 0.2) is 24.3 Å². The third-order valence-corrected chi connectivity index (χ3v) is 5.79. The monoisotopic (exact) mass is 286 g/mol. The maximum Gasteiger partial charge on any atom is 0.221 e. The molecule has 0 aromatic heterocycles. The number of benzene rings is 1. The van der Waals surface area contributed by atoms with E-state index in [1.165, 1.54) is 26.2 Å². The molecule has 114 valence electrons. The molecule has 1 aromatic carbocycles. The van der Waals surface area contributed by atoms with E-state index in [-0.39, 0.29) is 5.91 Å². The molecular formula is C18H26N2O. The van der Waals surface area contributed by atoms with Gasteiger partial charge in [0.05, 0.1) is 0 Å².